The van der Waals surface area contributed by atoms with E-state index in [9.17, 15) is 13.2 Å². The summed E-state index contributed by atoms with van der Waals surface area (Å²) in [7, 11) is -3.69. The predicted octanol–water partition coefficient (Wildman–Crippen LogP) is 2.39. The Labute approximate surface area is 104 Å². The first-order valence-corrected chi connectivity index (χ1v) is 6.62. The van der Waals surface area contributed by atoms with Crippen LogP contribution >= 0.6 is 11.6 Å². The van der Waals surface area contributed by atoms with Crippen LogP contribution in [0, 0.1) is 0 Å². The molecule has 1 rings (SSSR count). The Morgan fingerprint density at radius 1 is 1.53 bits per heavy atom. The fourth-order valence-electron chi connectivity index (χ4n) is 1.18. The number of halogens is 1. The summed E-state index contributed by atoms with van der Waals surface area (Å²) in [4.78, 5) is 10.6. The fraction of sp³-hybridized carbons (Fsp3) is 0.182. The van der Waals surface area contributed by atoms with Gasteiger partial charge in [0.1, 0.15) is 0 Å². The maximum atomic E-state index is 12.0. The molecule has 1 unspecified atom stereocenters. The molecular weight excluding hydrogens is 264 g/mol. The van der Waals surface area contributed by atoms with Crippen LogP contribution < -0.4 is 0 Å². The molecule has 0 aliphatic carbocycles. The van der Waals surface area contributed by atoms with E-state index in [-0.39, 0.29) is 15.5 Å². The summed E-state index contributed by atoms with van der Waals surface area (Å²) in [6, 6.07) is 3.57. The van der Waals surface area contributed by atoms with E-state index in [1.54, 1.807) is 0 Å². The topological polar surface area (TPSA) is 71.4 Å². The zero-order valence-electron chi connectivity index (χ0n) is 9.05. The van der Waals surface area contributed by atoms with Gasteiger partial charge in [-0.1, -0.05) is 17.7 Å². The molecule has 92 valence electrons. The number of carbonyl (C=O) groups is 1. The standard InChI is InChI=1S/C11H11ClO4S/c1-3-7(2)17(15,16)10-6-8(11(13)14)4-5-9(10)12/h3-7H,1H2,2H3,(H,13,14). The minimum atomic E-state index is -3.69. The second-order valence-electron chi connectivity index (χ2n) is 3.44. The smallest absolute Gasteiger partial charge is 0.335 e. The summed E-state index contributed by atoms with van der Waals surface area (Å²) in [5.41, 5.74) is -0.121. The minimum absolute atomic E-state index is 0.00343. The second-order valence-corrected chi connectivity index (χ2v) is 6.12. The highest BCUT2D eigenvalue weighted by Crippen LogP contribution is 2.26. The molecule has 0 fully saturated rings. The molecule has 0 aromatic heterocycles. The Kier molecular flexibility index (Phi) is 3.95. The number of rotatable bonds is 4. The van der Waals surface area contributed by atoms with Gasteiger partial charge in [-0.25, -0.2) is 13.2 Å². The lowest BCUT2D eigenvalue weighted by atomic mass is 10.2. The first kappa shape index (κ1) is 13.7. The Morgan fingerprint density at radius 2 is 2.12 bits per heavy atom. The third-order valence-corrected chi connectivity index (χ3v) is 4.87. The molecule has 1 atom stereocenters. The molecule has 0 aliphatic heterocycles. The van der Waals surface area contributed by atoms with Crippen LogP contribution in [0.3, 0.4) is 0 Å². The van der Waals surface area contributed by atoms with Gasteiger partial charge in [0.25, 0.3) is 0 Å². The van der Waals surface area contributed by atoms with Crippen molar-refractivity contribution in [2.45, 2.75) is 17.1 Å². The fourth-order valence-corrected chi connectivity index (χ4v) is 2.91. The highest BCUT2D eigenvalue weighted by molar-refractivity contribution is 7.92. The molecule has 0 amide bonds. The van der Waals surface area contributed by atoms with Crippen LogP contribution in [-0.4, -0.2) is 24.7 Å². The Morgan fingerprint density at radius 3 is 2.59 bits per heavy atom. The van der Waals surface area contributed by atoms with Gasteiger partial charge in [-0.15, -0.1) is 6.58 Å². The van der Waals surface area contributed by atoms with Crippen molar-refractivity contribution in [2.24, 2.45) is 0 Å². The normalized spacial score (nSPS) is 13.1. The molecule has 0 saturated carbocycles. The Balaban J connectivity index is 3.45. The van der Waals surface area contributed by atoms with Crippen LogP contribution in [-0.2, 0) is 9.84 Å². The van der Waals surface area contributed by atoms with Crippen molar-refractivity contribution in [3.05, 3.63) is 41.4 Å². The van der Waals surface area contributed by atoms with Crippen molar-refractivity contribution in [1.29, 1.82) is 0 Å². The van der Waals surface area contributed by atoms with E-state index in [1.165, 1.54) is 25.1 Å². The second kappa shape index (κ2) is 4.89. The van der Waals surface area contributed by atoms with E-state index in [0.717, 1.165) is 6.07 Å². The van der Waals surface area contributed by atoms with Crippen LogP contribution in [0.1, 0.15) is 17.3 Å². The zero-order chi connectivity index (χ0) is 13.2. The van der Waals surface area contributed by atoms with Crippen molar-refractivity contribution in [3.8, 4) is 0 Å². The average molecular weight is 275 g/mol. The van der Waals surface area contributed by atoms with Crippen molar-refractivity contribution in [1.82, 2.24) is 0 Å². The van der Waals surface area contributed by atoms with E-state index in [2.05, 4.69) is 6.58 Å². The maximum Gasteiger partial charge on any atom is 0.335 e. The van der Waals surface area contributed by atoms with Crippen LogP contribution in [0.5, 0.6) is 0 Å². The van der Waals surface area contributed by atoms with Crippen LogP contribution in [0.15, 0.2) is 35.7 Å². The van der Waals surface area contributed by atoms with Crippen LogP contribution in [0.25, 0.3) is 0 Å². The third-order valence-electron chi connectivity index (χ3n) is 2.31. The van der Waals surface area contributed by atoms with Crippen molar-refractivity contribution >= 4 is 27.4 Å². The minimum Gasteiger partial charge on any atom is -0.478 e. The third kappa shape index (κ3) is 2.68. The molecule has 0 aliphatic rings. The van der Waals surface area contributed by atoms with E-state index in [4.69, 9.17) is 16.7 Å². The number of aromatic carboxylic acids is 1. The lowest BCUT2D eigenvalue weighted by molar-refractivity contribution is 0.0696. The number of hydrogen-bond acceptors (Lipinski definition) is 3. The van der Waals surface area contributed by atoms with Gasteiger partial charge >= 0.3 is 5.97 Å². The molecule has 4 nitrogen and oxygen atoms in total. The molecule has 6 heteroatoms. The van der Waals surface area contributed by atoms with Gasteiger partial charge in [-0.05, 0) is 25.1 Å². The number of carboxylic acids is 1. The molecule has 17 heavy (non-hydrogen) atoms. The number of benzene rings is 1. The predicted molar refractivity (Wildman–Crippen MR) is 65.3 cm³/mol. The summed E-state index contributed by atoms with van der Waals surface area (Å²) in [5, 5.41) is 7.98. The summed E-state index contributed by atoms with van der Waals surface area (Å²) < 4.78 is 24.0. The van der Waals surface area contributed by atoms with Gasteiger partial charge < -0.3 is 5.11 Å². The van der Waals surface area contributed by atoms with E-state index >= 15 is 0 Å². The molecule has 1 N–H and O–H groups in total. The molecule has 0 heterocycles. The molecule has 0 radical (unpaired) electrons. The SMILES string of the molecule is C=CC(C)S(=O)(=O)c1cc(C(=O)O)ccc1Cl. The zero-order valence-corrected chi connectivity index (χ0v) is 10.6. The van der Waals surface area contributed by atoms with Gasteiger partial charge in [0.2, 0.25) is 0 Å². The quantitative estimate of drug-likeness (QED) is 0.856. The van der Waals surface area contributed by atoms with Gasteiger partial charge in [-0.2, -0.15) is 0 Å². The number of sulfone groups is 1. The molecule has 0 saturated heterocycles. The van der Waals surface area contributed by atoms with Crippen LogP contribution in [0.4, 0.5) is 0 Å². The summed E-state index contributed by atoms with van der Waals surface area (Å²) in [6.07, 6.45) is 1.26. The largest absolute Gasteiger partial charge is 0.478 e. The molecular formula is C11H11ClO4S. The lowest BCUT2D eigenvalue weighted by Crippen LogP contribution is -2.16. The van der Waals surface area contributed by atoms with Gasteiger partial charge in [-0.3, -0.25) is 0 Å². The monoisotopic (exact) mass is 274 g/mol. The Hall–Kier alpha value is -1.33. The van der Waals surface area contributed by atoms with Crippen molar-refractivity contribution < 1.29 is 18.3 Å². The molecule has 0 bridgehead atoms. The van der Waals surface area contributed by atoms with Gasteiger partial charge in [0.15, 0.2) is 9.84 Å². The van der Waals surface area contributed by atoms with Crippen molar-refractivity contribution in [2.75, 3.05) is 0 Å². The summed E-state index contributed by atoms with van der Waals surface area (Å²) in [6.45, 7) is 4.85. The lowest BCUT2D eigenvalue weighted by Gasteiger charge is -2.10. The Bertz CT molecular complexity index is 563. The van der Waals surface area contributed by atoms with Gasteiger partial charge in [0.05, 0.1) is 20.7 Å². The van der Waals surface area contributed by atoms with Crippen molar-refractivity contribution in [3.63, 3.8) is 0 Å². The highest BCUT2D eigenvalue weighted by atomic mass is 35.5. The van der Waals surface area contributed by atoms with E-state index in [0.29, 0.717) is 0 Å². The molecule has 1 aromatic carbocycles. The highest BCUT2D eigenvalue weighted by Gasteiger charge is 2.24. The summed E-state index contributed by atoms with van der Waals surface area (Å²) >= 11 is 5.78. The average Bonchev–Trinajstić information content (AvgIpc) is 2.27. The van der Waals surface area contributed by atoms with E-state index < -0.39 is 21.1 Å². The number of carboxylic acid groups (broad SMARTS) is 1. The maximum absolute atomic E-state index is 12.0. The number of hydrogen-bond donors (Lipinski definition) is 1. The molecule has 0 spiro atoms. The van der Waals surface area contributed by atoms with E-state index in [1.807, 2.05) is 0 Å². The summed E-state index contributed by atoms with van der Waals surface area (Å²) in [5.74, 6) is -1.20. The first-order chi connectivity index (χ1) is 7.80. The molecule has 1 aromatic rings. The first-order valence-electron chi connectivity index (χ1n) is 4.70. The van der Waals surface area contributed by atoms with Crippen LogP contribution in [0.2, 0.25) is 5.02 Å². The van der Waals surface area contributed by atoms with Gasteiger partial charge in [0, 0.05) is 0 Å².